The van der Waals surface area contributed by atoms with Crippen LogP contribution in [0.1, 0.15) is 233 Å². The van der Waals surface area contributed by atoms with Crippen LogP contribution in [0.4, 0.5) is 0 Å². The summed E-state index contributed by atoms with van der Waals surface area (Å²) in [5.41, 5.74) is 0. The molecule has 23 heteroatoms. The first-order chi connectivity index (χ1) is 42.4. The van der Waals surface area contributed by atoms with Gasteiger partial charge in [0.15, 0.2) is 12.6 Å². The van der Waals surface area contributed by atoms with Crippen LogP contribution in [0.25, 0.3) is 0 Å². The number of hydrogen-bond acceptors (Lipinski definition) is 20. The molecule has 18 atom stereocenters. The summed E-state index contributed by atoms with van der Waals surface area (Å²) in [7, 11) is 0. The van der Waals surface area contributed by atoms with E-state index in [0.717, 1.165) is 51.9 Å². The van der Waals surface area contributed by atoms with Crippen LogP contribution in [0.5, 0.6) is 0 Å². The van der Waals surface area contributed by atoms with Crippen molar-refractivity contribution in [3.05, 3.63) is 24.3 Å². The highest BCUT2D eigenvalue weighted by molar-refractivity contribution is 5.77. The Morgan fingerprint density at radius 2 is 1.07 bits per heavy atom. The number of hydrogen-bond donors (Lipinski definition) is 14. The second kappa shape index (κ2) is 46.3. The van der Waals surface area contributed by atoms with Gasteiger partial charge in [-0.1, -0.05) is 192 Å². The number of carbonyl (C=O) groups excluding carboxylic acids is 2. The Morgan fingerprint density at radius 3 is 1.55 bits per heavy atom. The lowest BCUT2D eigenvalue weighted by molar-refractivity contribution is -0.386. The number of carbonyl (C=O) groups is 3. The van der Waals surface area contributed by atoms with Gasteiger partial charge in [-0.2, -0.15) is 0 Å². The number of rotatable bonds is 50. The van der Waals surface area contributed by atoms with Crippen LogP contribution in [-0.4, -0.2) is 215 Å². The van der Waals surface area contributed by atoms with Crippen molar-refractivity contribution < 1.29 is 104 Å². The predicted octanol–water partition coefficient (Wildman–Crippen LogP) is 5.28. The van der Waals surface area contributed by atoms with Crippen molar-refractivity contribution in [1.82, 2.24) is 10.6 Å². The Bertz CT molecular complexity index is 1890. The minimum absolute atomic E-state index is 0.200. The number of nitrogens with one attached hydrogen (secondary N) is 2. The SMILES string of the molecule is CCCCCCCCC=CCCCCCCCCCCCCCC(=O)NC(COC1OC(CO)C(OC2OC(CO)C(O)C(OC3(C(=O)O)CC(O)C(NC(C)=O)C(C(O)C(O)CO)O3)C2O)C(O)C1O)C(O)C=CCCCCCCCCCCCCC. The van der Waals surface area contributed by atoms with Crippen molar-refractivity contribution in [1.29, 1.82) is 0 Å². The molecular formula is C65H118N2O21. The molecule has 3 aliphatic heterocycles. The van der Waals surface area contributed by atoms with E-state index >= 15 is 0 Å². The van der Waals surface area contributed by atoms with E-state index in [1.54, 1.807) is 6.08 Å². The van der Waals surface area contributed by atoms with Crippen molar-refractivity contribution in [2.75, 3.05) is 26.4 Å². The van der Waals surface area contributed by atoms with Gasteiger partial charge in [0.05, 0.1) is 50.7 Å². The van der Waals surface area contributed by atoms with Crippen molar-refractivity contribution >= 4 is 17.8 Å². The molecule has 14 N–H and O–H groups in total. The molecule has 0 aromatic rings. The van der Waals surface area contributed by atoms with E-state index in [4.69, 9.17) is 28.4 Å². The first kappa shape index (κ1) is 79.4. The zero-order valence-corrected chi connectivity index (χ0v) is 53.3. The fourth-order valence-corrected chi connectivity index (χ4v) is 11.7. The fraction of sp³-hybridized carbons (Fsp3) is 0.892. The van der Waals surface area contributed by atoms with Gasteiger partial charge in [0.25, 0.3) is 5.79 Å². The maximum atomic E-state index is 13.4. The van der Waals surface area contributed by atoms with Gasteiger partial charge in [0, 0.05) is 19.8 Å². The number of allylic oxidation sites excluding steroid dienone is 3. The summed E-state index contributed by atoms with van der Waals surface area (Å²) >= 11 is 0. The maximum Gasteiger partial charge on any atom is 0.364 e. The highest BCUT2D eigenvalue weighted by Gasteiger charge is 2.60. The van der Waals surface area contributed by atoms with Gasteiger partial charge in [0.2, 0.25) is 11.8 Å². The summed E-state index contributed by atoms with van der Waals surface area (Å²) < 4.78 is 34.7. The van der Waals surface area contributed by atoms with E-state index < -0.39 is 155 Å². The Balaban J connectivity index is 1.60. The molecule has 23 nitrogen and oxygen atoms in total. The highest BCUT2D eigenvalue weighted by atomic mass is 16.8. The summed E-state index contributed by atoms with van der Waals surface area (Å²) in [6.07, 6.45) is 15.1. The quantitative estimate of drug-likeness (QED) is 0.0272. The zero-order valence-electron chi connectivity index (χ0n) is 53.3. The lowest BCUT2D eigenvalue weighted by Gasteiger charge is -2.50. The number of aliphatic carboxylic acids is 1. The number of carboxylic acids is 1. The van der Waals surface area contributed by atoms with Gasteiger partial charge in [-0.25, -0.2) is 4.79 Å². The van der Waals surface area contributed by atoms with Crippen molar-refractivity contribution in [3.8, 4) is 0 Å². The summed E-state index contributed by atoms with van der Waals surface area (Å²) in [4.78, 5) is 38.5. The van der Waals surface area contributed by atoms with Crippen LogP contribution in [0, 0.1) is 0 Å². The first-order valence-electron chi connectivity index (χ1n) is 33.7. The van der Waals surface area contributed by atoms with Gasteiger partial charge in [0.1, 0.15) is 67.1 Å². The summed E-state index contributed by atoms with van der Waals surface area (Å²) in [5, 5.41) is 136. The largest absolute Gasteiger partial charge is 0.477 e. The number of amides is 2. The predicted molar refractivity (Wildman–Crippen MR) is 329 cm³/mol. The molecule has 3 heterocycles. The van der Waals surface area contributed by atoms with E-state index in [1.165, 1.54) is 141 Å². The minimum atomic E-state index is -3.08. The molecule has 0 aliphatic carbocycles. The Labute approximate surface area is 523 Å². The molecule has 3 rings (SSSR count). The van der Waals surface area contributed by atoms with Crippen molar-refractivity contribution in [2.45, 2.75) is 342 Å². The number of ether oxygens (including phenoxy) is 6. The van der Waals surface area contributed by atoms with Crippen molar-refractivity contribution in [2.24, 2.45) is 0 Å². The molecule has 0 radical (unpaired) electrons. The molecule has 88 heavy (non-hydrogen) atoms. The maximum absolute atomic E-state index is 13.4. The third-order valence-electron chi connectivity index (χ3n) is 17.1. The third kappa shape index (κ3) is 29.0. The second-order valence-corrected chi connectivity index (χ2v) is 24.7. The molecule has 3 aliphatic rings. The van der Waals surface area contributed by atoms with Gasteiger partial charge in [-0.05, 0) is 44.9 Å². The van der Waals surface area contributed by atoms with E-state index in [1.807, 2.05) is 6.08 Å². The van der Waals surface area contributed by atoms with Crippen LogP contribution in [0.15, 0.2) is 24.3 Å². The average molecular weight is 1260 g/mol. The second-order valence-electron chi connectivity index (χ2n) is 24.7. The first-order valence-corrected chi connectivity index (χ1v) is 33.7. The Kier molecular flexibility index (Phi) is 41.8. The van der Waals surface area contributed by atoms with Crippen molar-refractivity contribution in [3.63, 3.8) is 0 Å². The molecule has 0 saturated carbocycles. The molecule has 0 aromatic carbocycles. The molecule has 3 saturated heterocycles. The summed E-state index contributed by atoms with van der Waals surface area (Å²) in [6, 6.07) is -2.62. The summed E-state index contributed by atoms with van der Waals surface area (Å²) in [6.45, 7) is 2.11. The van der Waals surface area contributed by atoms with Crippen LogP contribution >= 0.6 is 0 Å². The third-order valence-corrected chi connectivity index (χ3v) is 17.1. The van der Waals surface area contributed by atoms with E-state index in [0.29, 0.717) is 12.8 Å². The van der Waals surface area contributed by atoms with Crippen LogP contribution < -0.4 is 10.6 Å². The minimum Gasteiger partial charge on any atom is -0.477 e. The van der Waals surface area contributed by atoms with Crippen LogP contribution in [0.3, 0.4) is 0 Å². The summed E-state index contributed by atoms with van der Waals surface area (Å²) in [5.74, 6) is -6.14. The van der Waals surface area contributed by atoms with Gasteiger partial charge in [-0.3, -0.25) is 9.59 Å². The molecule has 0 bridgehead atoms. The lowest BCUT2D eigenvalue weighted by Crippen LogP contribution is -2.70. The standard InChI is InChI=1S/C65H118N2O21/c1-4-6-8-10-12-14-16-18-19-20-21-22-23-24-25-27-29-31-33-35-37-39-52(75)67-46(47(72)38-36-34-32-30-28-26-17-15-13-11-9-7-5-2)44-83-62-57(79)56(78)59(51(43-70)85-62)86-63-58(80)61(55(77)50(42-69)84-63)88-65(64(81)82)40-48(73)53(66-45(3)71)60(87-65)54(76)49(74)41-68/h18-19,36,38,46-51,53-63,68-70,72-74,76-80H,4-17,20-35,37,39-44H2,1-3H3,(H,66,71)(H,67,75)(H,81,82). The molecule has 0 spiro atoms. The van der Waals surface area contributed by atoms with Crippen LogP contribution in [-0.2, 0) is 42.8 Å². The number of carboxylic acid groups (broad SMARTS) is 1. The smallest absolute Gasteiger partial charge is 0.364 e. The lowest BCUT2D eigenvalue weighted by atomic mass is 9.88. The topological polar surface area (TPSA) is 373 Å². The van der Waals surface area contributed by atoms with Gasteiger partial charge >= 0.3 is 5.97 Å². The van der Waals surface area contributed by atoms with Gasteiger partial charge < -0.3 is 100 Å². The Morgan fingerprint density at radius 1 is 0.591 bits per heavy atom. The van der Waals surface area contributed by atoms with Crippen LogP contribution in [0.2, 0.25) is 0 Å². The fourth-order valence-electron chi connectivity index (χ4n) is 11.7. The molecule has 3 fully saturated rings. The van der Waals surface area contributed by atoms with Gasteiger partial charge in [-0.15, -0.1) is 0 Å². The molecule has 18 unspecified atom stereocenters. The molecule has 0 aromatic heterocycles. The number of aliphatic hydroxyl groups excluding tert-OH is 11. The number of unbranched alkanes of at least 4 members (excludes halogenated alkanes) is 28. The normalized spacial score (nSPS) is 29.1. The van der Waals surface area contributed by atoms with E-state index in [-0.39, 0.29) is 12.3 Å². The molecule has 514 valence electrons. The molecule has 2 amide bonds. The average Bonchev–Trinajstić information content (AvgIpc) is 0.825. The Hall–Kier alpha value is -2.79. The zero-order chi connectivity index (χ0) is 64.7. The highest BCUT2D eigenvalue weighted by Crippen LogP contribution is 2.39. The molecular weight excluding hydrogens is 1140 g/mol. The van der Waals surface area contributed by atoms with E-state index in [2.05, 4.69) is 36.6 Å². The van der Waals surface area contributed by atoms with E-state index in [9.17, 15) is 75.7 Å². The number of aliphatic hydroxyl groups is 11. The monoisotopic (exact) mass is 1260 g/mol.